The summed E-state index contributed by atoms with van der Waals surface area (Å²) in [5.74, 6) is -1.66. The first kappa shape index (κ1) is 13.4. The number of aromatic hydroxyl groups is 1. The van der Waals surface area contributed by atoms with Gasteiger partial charge in [-0.05, 0) is 31.0 Å². The van der Waals surface area contributed by atoms with E-state index in [0.717, 1.165) is 12.1 Å². The van der Waals surface area contributed by atoms with Gasteiger partial charge in [0.15, 0.2) is 11.6 Å². The highest BCUT2D eigenvalue weighted by atomic mass is 19.1. The topological polar surface area (TPSA) is 66.8 Å². The van der Waals surface area contributed by atoms with Crippen molar-refractivity contribution in [2.75, 3.05) is 6.61 Å². The number of phenols is 1. The first-order valence-corrected chi connectivity index (χ1v) is 5.36. The average molecular weight is 242 g/mol. The van der Waals surface area contributed by atoms with Crippen LogP contribution in [0.1, 0.15) is 31.4 Å². The Labute approximate surface area is 98.7 Å². The average Bonchev–Trinajstić information content (AvgIpc) is 2.30. The molecule has 0 radical (unpaired) electrons. The minimum absolute atomic E-state index is 0.0670. The van der Waals surface area contributed by atoms with Gasteiger partial charge in [-0.3, -0.25) is 4.79 Å². The zero-order valence-corrected chi connectivity index (χ0v) is 9.52. The number of hydrogen-bond donors (Lipinski definition) is 2. The summed E-state index contributed by atoms with van der Waals surface area (Å²) in [6.07, 6.45) is -0.727. The highest BCUT2D eigenvalue weighted by molar-refractivity contribution is 5.69. The Balaban J connectivity index is 2.54. The van der Waals surface area contributed by atoms with Crippen molar-refractivity contribution in [2.24, 2.45) is 0 Å². The third-order valence-electron chi connectivity index (χ3n) is 2.28. The largest absolute Gasteiger partial charge is 0.505 e. The molecule has 0 aliphatic rings. The number of rotatable bonds is 5. The van der Waals surface area contributed by atoms with Crippen LogP contribution in [0, 0.1) is 5.82 Å². The van der Waals surface area contributed by atoms with E-state index < -0.39 is 23.6 Å². The van der Waals surface area contributed by atoms with Crippen molar-refractivity contribution in [2.45, 2.75) is 25.9 Å². The van der Waals surface area contributed by atoms with E-state index in [2.05, 4.69) is 0 Å². The minimum Gasteiger partial charge on any atom is -0.505 e. The van der Waals surface area contributed by atoms with E-state index in [9.17, 15) is 14.3 Å². The van der Waals surface area contributed by atoms with Crippen molar-refractivity contribution in [3.8, 4) is 5.75 Å². The third kappa shape index (κ3) is 4.03. The van der Waals surface area contributed by atoms with Gasteiger partial charge in [0.05, 0.1) is 12.7 Å². The molecule has 0 fully saturated rings. The van der Waals surface area contributed by atoms with Crippen LogP contribution in [-0.4, -0.2) is 22.8 Å². The molecular weight excluding hydrogens is 227 g/mol. The fourth-order valence-electron chi connectivity index (χ4n) is 1.38. The second-order valence-electron chi connectivity index (χ2n) is 3.57. The van der Waals surface area contributed by atoms with Gasteiger partial charge in [0.2, 0.25) is 0 Å². The van der Waals surface area contributed by atoms with Crippen LogP contribution in [0.25, 0.3) is 0 Å². The van der Waals surface area contributed by atoms with Crippen molar-refractivity contribution in [1.29, 1.82) is 0 Å². The fourth-order valence-corrected chi connectivity index (χ4v) is 1.38. The van der Waals surface area contributed by atoms with Gasteiger partial charge < -0.3 is 14.9 Å². The summed E-state index contributed by atoms with van der Waals surface area (Å²) in [6.45, 7) is 1.99. The number of hydrogen-bond acceptors (Lipinski definition) is 4. The fraction of sp³-hybridized carbons (Fsp3) is 0.417. The predicted octanol–water partition coefficient (Wildman–Crippen LogP) is 1.91. The molecule has 1 unspecified atom stereocenters. The number of esters is 1. The maximum absolute atomic E-state index is 13.0. The lowest BCUT2D eigenvalue weighted by atomic mass is 10.0. The van der Waals surface area contributed by atoms with Crippen LogP contribution in [0.2, 0.25) is 0 Å². The molecule has 2 N–H and O–H groups in total. The lowest BCUT2D eigenvalue weighted by Crippen LogP contribution is -2.07. The minimum atomic E-state index is -0.950. The number of ether oxygens (including phenoxy) is 1. The summed E-state index contributed by atoms with van der Waals surface area (Å²) in [5.41, 5.74) is 0.324. The van der Waals surface area contributed by atoms with Gasteiger partial charge in [0.1, 0.15) is 0 Å². The van der Waals surface area contributed by atoms with Gasteiger partial charge in [0.25, 0.3) is 0 Å². The van der Waals surface area contributed by atoms with Crippen LogP contribution in [0.3, 0.4) is 0 Å². The lowest BCUT2D eigenvalue weighted by molar-refractivity contribution is -0.143. The van der Waals surface area contributed by atoms with Crippen molar-refractivity contribution in [3.05, 3.63) is 29.6 Å². The molecule has 0 aromatic heterocycles. The molecule has 0 aliphatic heterocycles. The van der Waals surface area contributed by atoms with Crippen LogP contribution in [0.4, 0.5) is 4.39 Å². The van der Waals surface area contributed by atoms with E-state index in [4.69, 9.17) is 9.84 Å². The molecule has 4 nitrogen and oxygen atoms in total. The highest BCUT2D eigenvalue weighted by Gasteiger charge is 2.12. The van der Waals surface area contributed by atoms with Gasteiger partial charge in [-0.15, -0.1) is 0 Å². The summed E-state index contributed by atoms with van der Waals surface area (Å²) in [6, 6.07) is 3.62. The van der Waals surface area contributed by atoms with E-state index in [1.165, 1.54) is 6.07 Å². The predicted molar refractivity (Wildman–Crippen MR) is 58.9 cm³/mol. The lowest BCUT2D eigenvalue weighted by Gasteiger charge is -2.10. The van der Waals surface area contributed by atoms with Crippen molar-refractivity contribution >= 4 is 5.97 Å². The zero-order chi connectivity index (χ0) is 12.8. The van der Waals surface area contributed by atoms with E-state index >= 15 is 0 Å². The highest BCUT2D eigenvalue weighted by Crippen LogP contribution is 2.23. The summed E-state index contributed by atoms with van der Waals surface area (Å²) in [7, 11) is 0. The van der Waals surface area contributed by atoms with Crippen LogP contribution >= 0.6 is 0 Å². The molecule has 0 amide bonds. The molecule has 1 aromatic carbocycles. The molecule has 1 aromatic rings. The normalized spacial score (nSPS) is 12.2. The Morgan fingerprint density at radius 3 is 2.82 bits per heavy atom. The number of carbonyl (C=O) groups is 1. The van der Waals surface area contributed by atoms with Crippen LogP contribution < -0.4 is 0 Å². The maximum Gasteiger partial charge on any atom is 0.305 e. The molecule has 0 heterocycles. The number of halogens is 1. The third-order valence-corrected chi connectivity index (χ3v) is 2.28. The van der Waals surface area contributed by atoms with Gasteiger partial charge in [-0.1, -0.05) is 6.07 Å². The Morgan fingerprint density at radius 1 is 1.53 bits per heavy atom. The monoisotopic (exact) mass is 242 g/mol. The second-order valence-corrected chi connectivity index (χ2v) is 3.57. The SMILES string of the molecule is CCOC(=O)CCC(O)c1ccc(O)c(F)c1. The summed E-state index contributed by atoms with van der Waals surface area (Å²) in [4.78, 5) is 11.1. The molecule has 94 valence electrons. The molecular formula is C12H15FO4. The number of phenolic OH excluding ortho intramolecular Hbond substituents is 1. The molecule has 0 saturated heterocycles. The van der Waals surface area contributed by atoms with Crippen molar-refractivity contribution in [3.63, 3.8) is 0 Å². The van der Waals surface area contributed by atoms with E-state index in [1.807, 2.05) is 0 Å². The Morgan fingerprint density at radius 2 is 2.24 bits per heavy atom. The molecule has 0 aliphatic carbocycles. The Hall–Kier alpha value is -1.62. The molecule has 17 heavy (non-hydrogen) atoms. The van der Waals surface area contributed by atoms with E-state index in [1.54, 1.807) is 6.92 Å². The van der Waals surface area contributed by atoms with Crippen LogP contribution in [0.5, 0.6) is 5.75 Å². The standard InChI is InChI=1S/C12H15FO4/c1-2-17-12(16)6-5-10(14)8-3-4-11(15)9(13)7-8/h3-4,7,10,14-15H,2,5-6H2,1H3. The van der Waals surface area contributed by atoms with Crippen LogP contribution in [0.15, 0.2) is 18.2 Å². The Bertz CT molecular complexity index is 392. The number of carbonyl (C=O) groups excluding carboxylic acids is 1. The number of benzene rings is 1. The number of aliphatic hydroxyl groups excluding tert-OH is 1. The summed E-state index contributed by atoms with van der Waals surface area (Å²) in [5, 5.41) is 18.7. The molecule has 0 spiro atoms. The Kier molecular flexibility index (Phi) is 4.90. The zero-order valence-electron chi connectivity index (χ0n) is 9.52. The molecule has 1 atom stereocenters. The van der Waals surface area contributed by atoms with E-state index in [-0.39, 0.29) is 12.8 Å². The molecule has 5 heteroatoms. The summed E-state index contributed by atoms with van der Waals surface area (Å²) < 4.78 is 17.7. The van der Waals surface area contributed by atoms with Gasteiger partial charge in [0, 0.05) is 6.42 Å². The smallest absolute Gasteiger partial charge is 0.305 e. The van der Waals surface area contributed by atoms with E-state index in [0.29, 0.717) is 12.2 Å². The molecule has 0 bridgehead atoms. The first-order valence-electron chi connectivity index (χ1n) is 5.36. The van der Waals surface area contributed by atoms with Crippen LogP contribution in [-0.2, 0) is 9.53 Å². The molecule has 1 rings (SSSR count). The maximum atomic E-state index is 13.0. The summed E-state index contributed by atoms with van der Waals surface area (Å²) >= 11 is 0. The van der Waals surface area contributed by atoms with Crippen molar-refractivity contribution in [1.82, 2.24) is 0 Å². The van der Waals surface area contributed by atoms with Gasteiger partial charge in [-0.2, -0.15) is 0 Å². The first-order chi connectivity index (χ1) is 8.04. The quantitative estimate of drug-likeness (QED) is 0.774. The molecule has 0 saturated carbocycles. The van der Waals surface area contributed by atoms with Crippen molar-refractivity contribution < 1.29 is 24.1 Å². The number of aliphatic hydroxyl groups is 1. The van der Waals surface area contributed by atoms with Gasteiger partial charge >= 0.3 is 5.97 Å². The van der Waals surface area contributed by atoms with Gasteiger partial charge in [-0.25, -0.2) is 4.39 Å². The second kappa shape index (κ2) is 6.20.